The third-order valence-corrected chi connectivity index (χ3v) is 6.58. The number of nitrogens with one attached hydrogen (secondary N) is 3. The van der Waals surface area contributed by atoms with E-state index in [1.807, 2.05) is 37.3 Å². The van der Waals surface area contributed by atoms with Gasteiger partial charge in [-0.25, -0.2) is 0 Å². The summed E-state index contributed by atoms with van der Waals surface area (Å²) in [6, 6.07) is 12.2. The first-order chi connectivity index (χ1) is 16.5. The molecule has 34 heavy (non-hydrogen) atoms. The van der Waals surface area contributed by atoms with Gasteiger partial charge in [0.25, 0.3) is 11.8 Å². The quantitative estimate of drug-likeness (QED) is 0.514. The maximum atomic E-state index is 13.7. The fraction of sp³-hybridized carbons (Fsp3) is 0.360. The molecule has 1 saturated heterocycles. The van der Waals surface area contributed by atoms with E-state index in [1.165, 1.54) is 0 Å². The Bertz CT molecular complexity index is 1250. The summed E-state index contributed by atoms with van der Waals surface area (Å²) in [6.45, 7) is 2.82. The molecule has 0 radical (unpaired) electrons. The van der Waals surface area contributed by atoms with Crippen LogP contribution >= 0.6 is 0 Å². The lowest BCUT2D eigenvalue weighted by Gasteiger charge is -2.30. The first-order valence-corrected chi connectivity index (χ1v) is 11.6. The Hall–Kier alpha value is -3.88. The number of aromatic nitrogens is 2. The largest absolute Gasteiger partial charge is 0.491 e. The van der Waals surface area contributed by atoms with Gasteiger partial charge in [-0.3, -0.25) is 19.5 Å². The molecule has 1 fully saturated rings. The Morgan fingerprint density at radius 2 is 1.91 bits per heavy atom. The van der Waals surface area contributed by atoms with E-state index >= 15 is 0 Å². The van der Waals surface area contributed by atoms with E-state index in [4.69, 9.17) is 4.74 Å². The van der Waals surface area contributed by atoms with E-state index < -0.39 is 0 Å². The zero-order valence-electron chi connectivity index (χ0n) is 19.0. The molecule has 3 heterocycles. The normalized spacial score (nSPS) is 21.3. The molecule has 1 aromatic heterocycles. The highest BCUT2D eigenvalue weighted by Gasteiger charge is 2.39. The minimum absolute atomic E-state index is 0.136. The molecule has 0 spiro atoms. The second kappa shape index (κ2) is 9.17. The van der Waals surface area contributed by atoms with Crippen LogP contribution in [0.3, 0.4) is 0 Å². The number of fused-ring (bicyclic) bond motifs is 5. The van der Waals surface area contributed by atoms with E-state index in [9.17, 15) is 14.4 Å². The van der Waals surface area contributed by atoms with Crippen LogP contribution in [0.25, 0.3) is 10.9 Å². The smallest absolute Gasteiger partial charge is 0.275 e. The van der Waals surface area contributed by atoms with Gasteiger partial charge in [0.2, 0.25) is 5.91 Å². The number of ether oxygens (including phenoxy) is 1. The molecule has 3 N–H and O–H groups in total. The van der Waals surface area contributed by atoms with Crippen LogP contribution < -0.4 is 15.4 Å². The minimum atomic E-state index is -0.279. The van der Waals surface area contributed by atoms with E-state index in [2.05, 4.69) is 20.8 Å². The highest BCUT2D eigenvalue weighted by atomic mass is 16.5. The van der Waals surface area contributed by atoms with Crippen LogP contribution in [0.1, 0.15) is 45.7 Å². The van der Waals surface area contributed by atoms with Crippen molar-refractivity contribution in [2.24, 2.45) is 0 Å². The number of hydrogen-bond acceptors (Lipinski definition) is 5. The number of rotatable bonds is 1. The predicted molar refractivity (Wildman–Crippen MR) is 126 cm³/mol. The van der Waals surface area contributed by atoms with E-state index in [0.717, 1.165) is 16.5 Å². The highest BCUT2D eigenvalue weighted by Crippen LogP contribution is 2.30. The van der Waals surface area contributed by atoms with Crippen molar-refractivity contribution in [1.82, 2.24) is 25.7 Å². The maximum absolute atomic E-state index is 13.7. The first kappa shape index (κ1) is 21.9. The van der Waals surface area contributed by atoms with Crippen LogP contribution in [-0.2, 0) is 4.79 Å². The zero-order chi connectivity index (χ0) is 23.7. The fourth-order valence-electron chi connectivity index (χ4n) is 4.79. The molecule has 5 rings (SSSR count). The van der Waals surface area contributed by atoms with Crippen molar-refractivity contribution < 1.29 is 19.1 Å². The van der Waals surface area contributed by atoms with Crippen LogP contribution in [0.15, 0.2) is 42.5 Å². The number of carbonyl (C=O) groups is 3. The van der Waals surface area contributed by atoms with Gasteiger partial charge in [0.15, 0.2) is 5.69 Å². The molecule has 9 nitrogen and oxygen atoms in total. The van der Waals surface area contributed by atoms with Crippen LogP contribution in [0.4, 0.5) is 0 Å². The number of benzene rings is 2. The number of nitrogens with zero attached hydrogens (tertiary/aromatic N) is 2. The summed E-state index contributed by atoms with van der Waals surface area (Å²) >= 11 is 0. The molecule has 2 aliphatic heterocycles. The number of aryl methyl sites for hydroxylation is 1. The van der Waals surface area contributed by atoms with Crippen LogP contribution in [0, 0.1) is 6.92 Å². The van der Waals surface area contributed by atoms with Crippen molar-refractivity contribution in [2.75, 3.05) is 19.7 Å². The summed E-state index contributed by atoms with van der Waals surface area (Å²) in [5.41, 5.74) is 2.51. The molecule has 176 valence electrons. The Kier molecular flexibility index (Phi) is 5.91. The van der Waals surface area contributed by atoms with Crippen molar-refractivity contribution in [2.45, 2.75) is 38.3 Å². The zero-order valence-corrected chi connectivity index (χ0v) is 19.0. The summed E-state index contributed by atoms with van der Waals surface area (Å²) in [4.78, 5) is 41.0. The maximum Gasteiger partial charge on any atom is 0.275 e. The van der Waals surface area contributed by atoms with Crippen molar-refractivity contribution in [1.29, 1.82) is 0 Å². The first-order valence-electron chi connectivity index (χ1n) is 11.6. The second-order valence-corrected chi connectivity index (χ2v) is 8.81. The summed E-state index contributed by atoms with van der Waals surface area (Å²) in [7, 11) is 0. The van der Waals surface area contributed by atoms with E-state index in [1.54, 1.807) is 17.0 Å². The monoisotopic (exact) mass is 461 g/mol. The molecule has 0 unspecified atom stereocenters. The summed E-state index contributed by atoms with van der Waals surface area (Å²) in [5, 5.41) is 13.8. The molecule has 0 saturated carbocycles. The van der Waals surface area contributed by atoms with Crippen molar-refractivity contribution in [3.63, 3.8) is 0 Å². The number of amides is 3. The third kappa shape index (κ3) is 4.21. The van der Waals surface area contributed by atoms with Gasteiger partial charge >= 0.3 is 0 Å². The molecule has 3 amide bonds. The topological polar surface area (TPSA) is 116 Å². The van der Waals surface area contributed by atoms with Crippen LogP contribution in [0.5, 0.6) is 5.75 Å². The average Bonchev–Trinajstić information content (AvgIpc) is 3.44. The molecule has 2 aromatic carbocycles. The van der Waals surface area contributed by atoms with Gasteiger partial charge in [-0.2, -0.15) is 5.10 Å². The lowest BCUT2D eigenvalue weighted by Crippen LogP contribution is -2.48. The number of para-hydroxylation sites is 1. The van der Waals surface area contributed by atoms with Crippen molar-refractivity contribution in [3.8, 4) is 5.75 Å². The molecule has 3 aromatic rings. The number of hydrogen-bond donors (Lipinski definition) is 3. The molecule has 4 bridgehead atoms. The van der Waals surface area contributed by atoms with Gasteiger partial charge in [0.05, 0.1) is 12.1 Å². The molecular formula is C25H27N5O4. The van der Waals surface area contributed by atoms with Crippen LogP contribution in [-0.4, -0.2) is 64.6 Å². The Morgan fingerprint density at radius 3 is 2.79 bits per heavy atom. The Labute approximate surface area is 196 Å². The second-order valence-electron chi connectivity index (χ2n) is 8.81. The molecule has 2 atom stereocenters. The Morgan fingerprint density at radius 1 is 1.09 bits per heavy atom. The van der Waals surface area contributed by atoms with Gasteiger partial charge in [-0.05, 0) is 43.5 Å². The van der Waals surface area contributed by atoms with Gasteiger partial charge in [0, 0.05) is 36.0 Å². The standard InChI is InChI=1S/C25H27N5O4/c1-15-6-7-16-12-21(15)34-11-10-26-22(31)13-17-8-9-18(14-27-24(16)32)30(17)25(33)23-19-4-2-3-5-20(19)28-29-23/h2-7,12,17-18H,8-11,13-14H2,1H3,(H,26,31)(H,27,32)(H,28,29)/t17-,18+/m0/s1. The number of H-pyrrole nitrogens is 1. The van der Waals surface area contributed by atoms with E-state index in [0.29, 0.717) is 36.4 Å². The van der Waals surface area contributed by atoms with Crippen molar-refractivity contribution in [3.05, 3.63) is 59.3 Å². The summed E-state index contributed by atoms with van der Waals surface area (Å²) < 4.78 is 5.79. The molecule has 9 heteroatoms. The summed E-state index contributed by atoms with van der Waals surface area (Å²) in [6.07, 6.45) is 1.55. The van der Waals surface area contributed by atoms with E-state index in [-0.39, 0.29) is 49.4 Å². The highest BCUT2D eigenvalue weighted by molar-refractivity contribution is 6.05. The van der Waals surface area contributed by atoms with Gasteiger partial charge in [-0.1, -0.05) is 24.3 Å². The number of aromatic amines is 1. The predicted octanol–water partition coefficient (Wildman–Crippen LogP) is 2.17. The SMILES string of the molecule is Cc1ccc2cc1OCCNC(=O)C[C@@H]1CC[C@H](CNC2=O)N1C(=O)c1n[nH]c2ccccc12. The van der Waals surface area contributed by atoms with Crippen molar-refractivity contribution >= 4 is 28.6 Å². The number of carbonyl (C=O) groups excluding carboxylic acids is 3. The average molecular weight is 462 g/mol. The lowest BCUT2D eigenvalue weighted by molar-refractivity contribution is -0.122. The lowest BCUT2D eigenvalue weighted by atomic mass is 10.1. The van der Waals surface area contributed by atoms with Crippen LogP contribution in [0.2, 0.25) is 0 Å². The third-order valence-electron chi connectivity index (χ3n) is 6.58. The van der Waals surface area contributed by atoms with Gasteiger partial charge in [0.1, 0.15) is 12.4 Å². The van der Waals surface area contributed by atoms with Gasteiger partial charge < -0.3 is 20.3 Å². The molecule has 2 aliphatic rings. The Balaban J connectivity index is 1.45. The fourth-order valence-corrected chi connectivity index (χ4v) is 4.79. The molecular weight excluding hydrogens is 434 g/mol. The minimum Gasteiger partial charge on any atom is -0.491 e. The molecule has 0 aliphatic carbocycles. The summed E-state index contributed by atoms with van der Waals surface area (Å²) in [5.74, 6) is 0.0103. The van der Waals surface area contributed by atoms with Gasteiger partial charge in [-0.15, -0.1) is 0 Å².